The molecule has 1 aromatic heterocycles. The van der Waals surface area contributed by atoms with Crippen LogP contribution in [0.5, 0.6) is 0 Å². The van der Waals surface area contributed by atoms with Crippen LogP contribution in [0.25, 0.3) is 0 Å². The van der Waals surface area contributed by atoms with Crippen molar-refractivity contribution in [1.29, 1.82) is 5.26 Å². The van der Waals surface area contributed by atoms with E-state index in [1.54, 1.807) is 6.33 Å². The van der Waals surface area contributed by atoms with Gasteiger partial charge in [-0.1, -0.05) is 37.6 Å². The van der Waals surface area contributed by atoms with Gasteiger partial charge in [0.2, 0.25) is 5.91 Å². The number of nitrogens with zero attached hydrogens (tertiary/aromatic N) is 4. The molecule has 2 fully saturated rings. The molecule has 2 N–H and O–H groups in total. The van der Waals surface area contributed by atoms with Crippen LogP contribution in [0, 0.1) is 28.6 Å². The maximum absolute atomic E-state index is 13.1. The predicted octanol–water partition coefficient (Wildman–Crippen LogP) is 3.28. The first-order chi connectivity index (χ1) is 15.8. The number of allylic oxidation sites excluding steroid dienone is 2. The molecule has 1 saturated carbocycles. The minimum atomic E-state index is 0.00802. The van der Waals surface area contributed by atoms with E-state index in [1.807, 2.05) is 30.5 Å². The second kappa shape index (κ2) is 9.50. The number of hydrogen-bond donors (Lipinski definition) is 2. The van der Waals surface area contributed by atoms with Crippen LogP contribution >= 0.6 is 0 Å². The number of imidazole rings is 1. The maximum Gasteiger partial charge on any atom is 0.238 e. The lowest BCUT2D eigenvalue weighted by Crippen LogP contribution is -2.58. The third-order valence-electron chi connectivity index (χ3n) is 7.06. The standard InChI is InChI=1S/C26H34N6O/c1-18(2)11-23-24(26(23,3)4)25(33)30-32-10-9-31(15-20-7-5-19(13-27)6-8-20)22(16-32)12-21-14-28-17-29-21/h5-8,11,14,17,22-24H,9-10,12,15-16H2,1-4H3,(H,28,29)(H,30,33). The number of carbonyl (C=O) groups excluding carboxylic acids is 1. The zero-order valence-corrected chi connectivity index (χ0v) is 20.0. The fourth-order valence-corrected chi connectivity index (χ4v) is 5.04. The normalized spacial score (nSPS) is 24.6. The average Bonchev–Trinajstić information content (AvgIpc) is 3.09. The molecule has 7 heteroatoms. The van der Waals surface area contributed by atoms with Crippen molar-refractivity contribution in [2.45, 2.75) is 46.7 Å². The third kappa shape index (κ3) is 5.35. The second-order valence-electron chi connectivity index (χ2n) is 10.2. The largest absolute Gasteiger partial charge is 0.348 e. The Labute approximate surface area is 196 Å². The van der Waals surface area contributed by atoms with Crippen LogP contribution in [0.1, 0.15) is 44.5 Å². The zero-order chi connectivity index (χ0) is 23.6. The molecule has 33 heavy (non-hydrogen) atoms. The van der Waals surface area contributed by atoms with Gasteiger partial charge in [-0.25, -0.2) is 9.99 Å². The van der Waals surface area contributed by atoms with Crippen LogP contribution in [-0.4, -0.2) is 51.5 Å². The number of piperazine rings is 1. The van der Waals surface area contributed by atoms with Gasteiger partial charge in [0.1, 0.15) is 0 Å². The zero-order valence-electron chi connectivity index (χ0n) is 20.0. The van der Waals surface area contributed by atoms with Crippen molar-refractivity contribution in [3.63, 3.8) is 0 Å². The summed E-state index contributed by atoms with van der Waals surface area (Å²) in [7, 11) is 0. The number of nitriles is 1. The maximum atomic E-state index is 13.1. The summed E-state index contributed by atoms with van der Waals surface area (Å²) in [6.07, 6.45) is 6.65. The molecule has 2 aromatic rings. The van der Waals surface area contributed by atoms with Crippen molar-refractivity contribution < 1.29 is 4.79 Å². The summed E-state index contributed by atoms with van der Waals surface area (Å²) >= 11 is 0. The number of benzene rings is 1. The molecule has 0 bridgehead atoms. The molecule has 1 saturated heterocycles. The van der Waals surface area contributed by atoms with Gasteiger partial charge in [-0.15, -0.1) is 0 Å². The first-order valence-corrected chi connectivity index (χ1v) is 11.7. The molecular formula is C26H34N6O. The highest BCUT2D eigenvalue weighted by molar-refractivity contribution is 5.83. The quantitative estimate of drug-likeness (QED) is 0.638. The Morgan fingerprint density at radius 1 is 1.30 bits per heavy atom. The molecule has 7 nitrogen and oxygen atoms in total. The predicted molar refractivity (Wildman–Crippen MR) is 128 cm³/mol. The number of rotatable bonds is 7. The van der Waals surface area contributed by atoms with Crippen molar-refractivity contribution >= 4 is 5.91 Å². The van der Waals surface area contributed by atoms with E-state index in [1.165, 1.54) is 11.1 Å². The van der Waals surface area contributed by atoms with Crippen LogP contribution in [-0.2, 0) is 17.8 Å². The first kappa shape index (κ1) is 23.2. The van der Waals surface area contributed by atoms with E-state index < -0.39 is 0 Å². The summed E-state index contributed by atoms with van der Waals surface area (Å²) in [5.41, 5.74) is 7.45. The van der Waals surface area contributed by atoms with E-state index in [0.717, 1.165) is 38.3 Å². The lowest BCUT2D eigenvalue weighted by atomic mass is 10.1. The van der Waals surface area contributed by atoms with Crippen LogP contribution < -0.4 is 5.43 Å². The SMILES string of the molecule is CC(C)=CC1C(C(=O)NN2CCN(Cc3ccc(C#N)cc3)C(Cc3cnc[nH]3)C2)C1(C)C. The third-order valence-corrected chi connectivity index (χ3v) is 7.06. The van der Waals surface area contributed by atoms with Crippen molar-refractivity contribution in [2.75, 3.05) is 19.6 Å². The van der Waals surface area contributed by atoms with E-state index in [2.05, 4.69) is 65.1 Å². The summed E-state index contributed by atoms with van der Waals surface area (Å²) in [4.78, 5) is 22.9. The van der Waals surface area contributed by atoms with Gasteiger partial charge < -0.3 is 4.98 Å². The van der Waals surface area contributed by atoms with E-state index in [9.17, 15) is 4.79 Å². The van der Waals surface area contributed by atoms with Crippen molar-refractivity contribution in [2.24, 2.45) is 17.3 Å². The summed E-state index contributed by atoms with van der Waals surface area (Å²) in [6.45, 7) is 11.7. The molecule has 3 atom stereocenters. The second-order valence-corrected chi connectivity index (χ2v) is 10.2. The fraction of sp³-hybridized carbons (Fsp3) is 0.500. The van der Waals surface area contributed by atoms with Gasteiger partial charge in [-0.2, -0.15) is 5.26 Å². The Morgan fingerprint density at radius 3 is 2.70 bits per heavy atom. The van der Waals surface area contributed by atoms with E-state index in [0.29, 0.717) is 11.5 Å². The van der Waals surface area contributed by atoms with Gasteiger partial charge in [0.25, 0.3) is 0 Å². The molecule has 4 rings (SSSR count). The van der Waals surface area contributed by atoms with Gasteiger partial charge >= 0.3 is 0 Å². The molecule has 2 heterocycles. The fourth-order valence-electron chi connectivity index (χ4n) is 5.04. The van der Waals surface area contributed by atoms with Crippen molar-refractivity contribution in [3.05, 3.63) is 65.3 Å². The first-order valence-electron chi connectivity index (χ1n) is 11.7. The molecule has 2 aliphatic rings. The lowest BCUT2D eigenvalue weighted by molar-refractivity contribution is -0.129. The molecule has 1 aliphatic carbocycles. The van der Waals surface area contributed by atoms with Gasteiger partial charge in [-0.3, -0.25) is 15.1 Å². The smallest absolute Gasteiger partial charge is 0.238 e. The highest BCUT2D eigenvalue weighted by Crippen LogP contribution is 2.59. The topological polar surface area (TPSA) is 88.1 Å². The van der Waals surface area contributed by atoms with Crippen molar-refractivity contribution in [3.8, 4) is 6.07 Å². The average molecular weight is 447 g/mol. The molecule has 3 unspecified atom stereocenters. The van der Waals surface area contributed by atoms with Crippen LogP contribution in [0.4, 0.5) is 0 Å². The Morgan fingerprint density at radius 2 is 2.06 bits per heavy atom. The number of nitrogens with one attached hydrogen (secondary N) is 2. The molecule has 1 aliphatic heterocycles. The molecule has 1 aromatic carbocycles. The Hall–Kier alpha value is -2.95. The molecule has 0 radical (unpaired) electrons. The minimum Gasteiger partial charge on any atom is -0.348 e. The molecule has 174 valence electrons. The number of aromatic amines is 1. The Kier molecular flexibility index (Phi) is 6.68. The summed E-state index contributed by atoms with van der Waals surface area (Å²) in [5, 5.41) is 11.1. The van der Waals surface area contributed by atoms with E-state index >= 15 is 0 Å². The number of carbonyl (C=O) groups is 1. The minimum absolute atomic E-state index is 0.00802. The van der Waals surface area contributed by atoms with Crippen LogP contribution in [0.15, 0.2) is 48.4 Å². The lowest BCUT2D eigenvalue weighted by Gasteiger charge is -2.41. The Balaban J connectivity index is 1.42. The number of amides is 1. The molecule has 1 amide bonds. The summed E-state index contributed by atoms with van der Waals surface area (Å²) < 4.78 is 0. The molecule has 0 spiro atoms. The van der Waals surface area contributed by atoms with Gasteiger partial charge in [-0.05, 0) is 42.9 Å². The van der Waals surface area contributed by atoms with Gasteiger partial charge in [0.15, 0.2) is 0 Å². The molecular weight excluding hydrogens is 412 g/mol. The summed E-state index contributed by atoms with van der Waals surface area (Å²) in [6, 6.07) is 10.2. The number of aromatic nitrogens is 2. The van der Waals surface area contributed by atoms with Gasteiger partial charge in [0.05, 0.1) is 23.9 Å². The number of hydrazine groups is 1. The highest BCUT2D eigenvalue weighted by Gasteiger charge is 2.60. The van der Waals surface area contributed by atoms with Gasteiger partial charge in [0, 0.05) is 50.5 Å². The van der Waals surface area contributed by atoms with Crippen LogP contribution in [0.2, 0.25) is 0 Å². The highest BCUT2D eigenvalue weighted by atomic mass is 16.2. The van der Waals surface area contributed by atoms with E-state index in [4.69, 9.17) is 5.26 Å². The van der Waals surface area contributed by atoms with E-state index in [-0.39, 0.29) is 23.3 Å². The summed E-state index contributed by atoms with van der Waals surface area (Å²) in [5.74, 6) is 0.458. The number of hydrogen-bond acceptors (Lipinski definition) is 5. The number of H-pyrrole nitrogens is 1. The Bertz CT molecular complexity index is 1030. The van der Waals surface area contributed by atoms with Crippen LogP contribution in [0.3, 0.4) is 0 Å². The monoisotopic (exact) mass is 446 g/mol. The van der Waals surface area contributed by atoms with Crippen molar-refractivity contribution in [1.82, 2.24) is 25.3 Å².